The van der Waals surface area contributed by atoms with E-state index in [2.05, 4.69) is 11.1 Å². The minimum atomic E-state index is -0.873. The molecule has 3 rings (SSSR count). The highest BCUT2D eigenvalue weighted by Gasteiger charge is 2.34. The maximum Gasteiger partial charge on any atom is 0.146 e. The fourth-order valence-electron chi connectivity index (χ4n) is 2.95. The maximum atomic E-state index is 10.9. The number of piperidine rings is 1. The van der Waals surface area contributed by atoms with Gasteiger partial charge in [0.05, 0.1) is 23.0 Å². The molecule has 0 spiro atoms. The average molecular weight is 329 g/mol. The first kappa shape index (κ1) is 15.6. The van der Waals surface area contributed by atoms with Crippen molar-refractivity contribution in [1.29, 1.82) is 5.26 Å². The minimum absolute atomic E-state index is 0.460. The summed E-state index contributed by atoms with van der Waals surface area (Å²) in [6.45, 7) is 1.23. The van der Waals surface area contributed by atoms with Crippen molar-refractivity contribution in [3.05, 3.63) is 52.7 Å². The summed E-state index contributed by atoms with van der Waals surface area (Å²) in [5.74, 6) is 0.625. The molecule has 0 atom stereocenters. The molecular weight excluding hydrogens is 312 g/mol. The van der Waals surface area contributed by atoms with Crippen LogP contribution in [0.15, 0.2) is 36.5 Å². The van der Waals surface area contributed by atoms with Crippen molar-refractivity contribution in [1.82, 2.24) is 4.98 Å². The summed E-state index contributed by atoms with van der Waals surface area (Å²) in [5, 5.41) is 20.8. The number of aromatic nitrogens is 1. The summed E-state index contributed by atoms with van der Waals surface area (Å²) >= 11 is 5.91. The van der Waals surface area contributed by atoms with Gasteiger partial charge in [0, 0.05) is 18.1 Å². The quantitative estimate of drug-likeness (QED) is 0.885. The van der Waals surface area contributed by atoms with Crippen molar-refractivity contribution >= 4 is 23.1 Å². The summed E-state index contributed by atoms with van der Waals surface area (Å²) in [4.78, 5) is 6.30. The third-order valence-electron chi connectivity index (χ3n) is 4.28. The smallest absolute Gasteiger partial charge is 0.146 e. The molecule has 118 valence electrons. The number of rotatable bonds is 2. The Morgan fingerprint density at radius 2 is 1.91 bits per heavy atom. The van der Waals surface area contributed by atoms with Gasteiger partial charge in [0.2, 0.25) is 0 Å². The number of nitriles is 1. The highest BCUT2D eigenvalue weighted by molar-refractivity contribution is 6.30. The Labute approximate surface area is 139 Å². The lowest BCUT2D eigenvalue weighted by atomic mass is 9.84. The van der Waals surface area contributed by atoms with Crippen molar-refractivity contribution in [2.45, 2.75) is 18.4 Å². The molecule has 2 aromatic rings. The summed E-state index contributed by atoms with van der Waals surface area (Å²) < 4.78 is 0. The molecule has 1 aromatic heterocycles. The van der Waals surface area contributed by atoms with E-state index in [1.807, 2.05) is 17.0 Å². The third-order valence-corrected chi connectivity index (χ3v) is 4.53. The van der Waals surface area contributed by atoms with Crippen LogP contribution in [0.4, 0.5) is 11.5 Å². The number of benzene rings is 1. The molecule has 6 heteroatoms. The molecule has 1 saturated heterocycles. The number of hydrogen-bond donors (Lipinski definition) is 2. The summed E-state index contributed by atoms with van der Waals surface area (Å²) in [6.07, 6.45) is 2.67. The van der Waals surface area contributed by atoms with Crippen molar-refractivity contribution in [3.63, 3.8) is 0 Å². The van der Waals surface area contributed by atoms with Crippen LogP contribution in [0.3, 0.4) is 0 Å². The van der Waals surface area contributed by atoms with Gasteiger partial charge < -0.3 is 15.7 Å². The van der Waals surface area contributed by atoms with Gasteiger partial charge in [0.1, 0.15) is 11.9 Å². The Morgan fingerprint density at radius 1 is 1.26 bits per heavy atom. The molecule has 0 amide bonds. The van der Waals surface area contributed by atoms with E-state index < -0.39 is 5.60 Å². The first-order chi connectivity index (χ1) is 11.0. The number of pyridine rings is 1. The lowest BCUT2D eigenvalue weighted by molar-refractivity contribution is 0.0116. The Bertz CT molecular complexity index is 746. The second-order valence-electron chi connectivity index (χ2n) is 5.78. The summed E-state index contributed by atoms with van der Waals surface area (Å²) in [7, 11) is 0. The van der Waals surface area contributed by atoms with E-state index in [0.29, 0.717) is 48.0 Å². The largest absolute Gasteiger partial charge is 0.397 e. The third kappa shape index (κ3) is 3.09. The van der Waals surface area contributed by atoms with Crippen LogP contribution < -0.4 is 10.6 Å². The number of nitrogens with zero attached hydrogens (tertiary/aromatic N) is 3. The Morgan fingerprint density at radius 3 is 2.52 bits per heavy atom. The second-order valence-corrected chi connectivity index (χ2v) is 6.21. The SMILES string of the molecule is N#Cc1cc(N)cnc1N1CCC(O)(c2ccc(Cl)cc2)CC1. The standard InChI is InChI=1S/C17H17ClN4O/c18-14-3-1-13(2-4-14)17(23)5-7-22(8-6-17)16-12(10-19)9-15(20)11-21-16/h1-4,9,11,23H,5-8,20H2. The molecule has 0 radical (unpaired) electrons. The Kier molecular flexibility index (Phi) is 4.12. The van der Waals surface area contributed by atoms with Crippen LogP contribution in [-0.2, 0) is 5.60 Å². The first-order valence-electron chi connectivity index (χ1n) is 7.41. The second kappa shape index (κ2) is 6.07. The van der Waals surface area contributed by atoms with Crippen LogP contribution in [0.2, 0.25) is 5.02 Å². The van der Waals surface area contributed by atoms with Gasteiger partial charge in [0.25, 0.3) is 0 Å². The van der Waals surface area contributed by atoms with E-state index in [0.717, 1.165) is 5.56 Å². The van der Waals surface area contributed by atoms with Gasteiger partial charge in [-0.15, -0.1) is 0 Å². The normalized spacial score (nSPS) is 16.8. The van der Waals surface area contributed by atoms with Crippen molar-refractivity contribution in [2.75, 3.05) is 23.7 Å². The van der Waals surface area contributed by atoms with E-state index in [1.54, 1.807) is 24.4 Å². The molecule has 1 aliphatic heterocycles. The zero-order chi connectivity index (χ0) is 16.4. The maximum absolute atomic E-state index is 10.9. The number of anilines is 2. The highest BCUT2D eigenvalue weighted by Crippen LogP contribution is 2.35. The minimum Gasteiger partial charge on any atom is -0.397 e. The topological polar surface area (TPSA) is 86.2 Å². The zero-order valence-corrected chi connectivity index (χ0v) is 13.3. The van der Waals surface area contributed by atoms with Crippen molar-refractivity contribution in [3.8, 4) is 6.07 Å². The summed E-state index contributed by atoms with van der Waals surface area (Å²) in [5.41, 5.74) is 6.61. The molecule has 1 fully saturated rings. The Balaban J connectivity index is 1.78. The van der Waals surface area contributed by atoms with Crippen LogP contribution in [0, 0.1) is 11.3 Å². The van der Waals surface area contributed by atoms with Crippen LogP contribution >= 0.6 is 11.6 Å². The van der Waals surface area contributed by atoms with E-state index in [1.165, 1.54) is 0 Å². The van der Waals surface area contributed by atoms with Gasteiger partial charge in [-0.2, -0.15) is 5.26 Å². The highest BCUT2D eigenvalue weighted by atomic mass is 35.5. The predicted octanol–water partition coefficient (Wildman–Crippen LogP) is 2.68. The van der Waals surface area contributed by atoms with Gasteiger partial charge in [-0.05, 0) is 36.6 Å². The predicted molar refractivity (Wildman–Crippen MR) is 90.2 cm³/mol. The van der Waals surface area contributed by atoms with Crippen LogP contribution in [0.5, 0.6) is 0 Å². The Hall–Kier alpha value is -2.29. The van der Waals surface area contributed by atoms with E-state index >= 15 is 0 Å². The van der Waals surface area contributed by atoms with Crippen LogP contribution in [-0.4, -0.2) is 23.2 Å². The lowest BCUT2D eigenvalue weighted by Crippen LogP contribution is -2.43. The molecule has 1 aromatic carbocycles. The average Bonchev–Trinajstić information content (AvgIpc) is 2.56. The molecule has 0 saturated carbocycles. The van der Waals surface area contributed by atoms with Gasteiger partial charge in [-0.25, -0.2) is 4.98 Å². The molecule has 2 heterocycles. The lowest BCUT2D eigenvalue weighted by Gasteiger charge is -2.39. The molecule has 0 aliphatic carbocycles. The van der Waals surface area contributed by atoms with E-state index in [-0.39, 0.29) is 0 Å². The molecule has 0 unspecified atom stereocenters. The molecule has 3 N–H and O–H groups in total. The van der Waals surface area contributed by atoms with Gasteiger partial charge in [0.15, 0.2) is 0 Å². The first-order valence-corrected chi connectivity index (χ1v) is 7.79. The molecule has 5 nitrogen and oxygen atoms in total. The van der Waals surface area contributed by atoms with Gasteiger partial charge >= 0.3 is 0 Å². The fourth-order valence-corrected chi connectivity index (χ4v) is 3.07. The number of nitrogens with two attached hydrogens (primary N) is 1. The number of halogens is 1. The number of aliphatic hydroxyl groups is 1. The molecule has 1 aliphatic rings. The van der Waals surface area contributed by atoms with E-state index in [4.69, 9.17) is 17.3 Å². The number of hydrogen-bond acceptors (Lipinski definition) is 5. The van der Waals surface area contributed by atoms with Gasteiger partial charge in [-0.3, -0.25) is 0 Å². The van der Waals surface area contributed by atoms with E-state index in [9.17, 15) is 10.4 Å². The summed E-state index contributed by atoms with van der Waals surface area (Å²) in [6, 6.07) is 11.1. The molecule has 23 heavy (non-hydrogen) atoms. The monoisotopic (exact) mass is 328 g/mol. The van der Waals surface area contributed by atoms with Crippen molar-refractivity contribution < 1.29 is 5.11 Å². The van der Waals surface area contributed by atoms with Gasteiger partial charge in [-0.1, -0.05) is 23.7 Å². The number of nitrogen functional groups attached to an aromatic ring is 1. The zero-order valence-electron chi connectivity index (χ0n) is 12.5. The van der Waals surface area contributed by atoms with Crippen molar-refractivity contribution in [2.24, 2.45) is 0 Å². The molecule has 0 bridgehead atoms. The molecular formula is C17H17ClN4O. The van der Waals surface area contributed by atoms with Crippen LogP contribution in [0.25, 0.3) is 0 Å². The van der Waals surface area contributed by atoms with Crippen LogP contribution in [0.1, 0.15) is 24.0 Å². The fraction of sp³-hybridized carbons (Fsp3) is 0.294.